The van der Waals surface area contributed by atoms with Crippen molar-refractivity contribution in [1.29, 1.82) is 0 Å². The van der Waals surface area contributed by atoms with Crippen LogP contribution in [0.25, 0.3) is 22.4 Å². The molecule has 4 N–H and O–H groups in total. The van der Waals surface area contributed by atoms with Gasteiger partial charge in [0.1, 0.15) is 11.5 Å². The van der Waals surface area contributed by atoms with Crippen LogP contribution in [0.5, 0.6) is 0 Å². The number of carboxylic acid groups (broad SMARTS) is 1. The van der Waals surface area contributed by atoms with Crippen LogP contribution in [-0.2, 0) is 6.18 Å². The lowest BCUT2D eigenvalue weighted by Crippen LogP contribution is -2.06. The van der Waals surface area contributed by atoms with E-state index in [-0.39, 0.29) is 34.0 Å². The SMILES string of the molecule is Nc1ncc(-c2cc(F)cc(C(F)(F)F)c2)c(-c2c[nH]c(C(=O)O)c2)n1. The van der Waals surface area contributed by atoms with E-state index < -0.39 is 23.5 Å². The van der Waals surface area contributed by atoms with E-state index in [4.69, 9.17) is 10.8 Å². The first-order chi connectivity index (χ1) is 12.1. The molecule has 134 valence electrons. The number of nitrogens with zero attached hydrogens (tertiary/aromatic N) is 2. The zero-order valence-electron chi connectivity index (χ0n) is 12.8. The van der Waals surface area contributed by atoms with Crippen molar-refractivity contribution in [2.24, 2.45) is 0 Å². The second-order valence-electron chi connectivity index (χ2n) is 5.32. The summed E-state index contributed by atoms with van der Waals surface area (Å²) in [7, 11) is 0. The number of nitrogens with two attached hydrogens (primary N) is 1. The normalized spacial score (nSPS) is 11.5. The summed E-state index contributed by atoms with van der Waals surface area (Å²) in [5.74, 6) is -2.49. The van der Waals surface area contributed by atoms with Gasteiger partial charge in [-0.3, -0.25) is 0 Å². The lowest BCUT2D eigenvalue weighted by atomic mass is 10.00. The summed E-state index contributed by atoms with van der Waals surface area (Å²) >= 11 is 0. The molecule has 0 saturated heterocycles. The standard InChI is InChI=1S/C16H10F4N4O2/c17-10-2-7(1-9(4-10)16(18,19)20)11-6-23-15(21)24-13(11)8-3-12(14(25)26)22-5-8/h1-6,22H,(H,25,26)(H2,21,23,24). The third-order valence-electron chi connectivity index (χ3n) is 3.53. The van der Waals surface area contributed by atoms with Crippen LogP contribution in [0, 0.1) is 5.82 Å². The van der Waals surface area contributed by atoms with Crippen LogP contribution in [-0.4, -0.2) is 26.0 Å². The van der Waals surface area contributed by atoms with E-state index in [2.05, 4.69) is 15.0 Å². The van der Waals surface area contributed by atoms with E-state index >= 15 is 0 Å². The smallest absolute Gasteiger partial charge is 0.416 e. The molecule has 2 aromatic heterocycles. The summed E-state index contributed by atoms with van der Waals surface area (Å²) in [6.07, 6.45) is -2.28. The fourth-order valence-electron chi connectivity index (χ4n) is 2.39. The van der Waals surface area contributed by atoms with Gasteiger partial charge < -0.3 is 15.8 Å². The number of nitrogen functional groups attached to an aromatic ring is 1. The second kappa shape index (κ2) is 6.14. The van der Waals surface area contributed by atoms with Crippen LogP contribution in [0.15, 0.2) is 36.7 Å². The summed E-state index contributed by atoms with van der Waals surface area (Å²) in [4.78, 5) is 21.2. The third-order valence-corrected chi connectivity index (χ3v) is 3.53. The highest BCUT2D eigenvalue weighted by molar-refractivity contribution is 5.89. The predicted octanol–water partition coefficient (Wildman–Crippen LogP) is 3.58. The first kappa shape index (κ1) is 17.4. The molecule has 10 heteroatoms. The first-order valence-corrected chi connectivity index (χ1v) is 7.08. The maximum absolute atomic E-state index is 13.7. The zero-order chi connectivity index (χ0) is 19.1. The fourth-order valence-corrected chi connectivity index (χ4v) is 2.39. The molecule has 0 aliphatic heterocycles. The van der Waals surface area contributed by atoms with Crippen molar-refractivity contribution in [2.75, 3.05) is 5.73 Å². The average molecular weight is 366 g/mol. The van der Waals surface area contributed by atoms with Crippen LogP contribution < -0.4 is 5.73 Å². The van der Waals surface area contributed by atoms with Gasteiger partial charge in [0, 0.05) is 23.5 Å². The highest BCUT2D eigenvalue weighted by Crippen LogP contribution is 2.36. The molecule has 3 rings (SSSR count). The number of benzene rings is 1. The summed E-state index contributed by atoms with van der Waals surface area (Å²) in [6.45, 7) is 0. The number of anilines is 1. The van der Waals surface area contributed by atoms with Gasteiger partial charge >= 0.3 is 12.1 Å². The number of nitrogens with one attached hydrogen (secondary N) is 1. The Balaban J connectivity index is 2.20. The number of aromatic amines is 1. The van der Waals surface area contributed by atoms with Gasteiger partial charge in [0.15, 0.2) is 0 Å². The lowest BCUT2D eigenvalue weighted by Gasteiger charge is -2.12. The number of carbonyl (C=O) groups is 1. The van der Waals surface area contributed by atoms with Gasteiger partial charge in [-0.15, -0.1) is 0 Å². The minimum atomic E-state index is -4.74. The van der Waals surface area contributed by atoms with E-state index in [0.29, 0.717) is 6.07 Å². The first-order valence-electron chi connectivity index (χ1n) is 7.08. The Kier molecular flexibility index (Phi) is 4.10. The number of aromatic nitrogens is 3. The van der Waals surface area contributed by atoms with E-state index in [0.717, 1.165) is 18.3 Å². The van der Waals surface area contributed by atoms with Gasteiger partial charge in [-0.05, 0) is 29.8 Å². The molecule has 0 radical (unpaired) electrons. The van der Waals surface area contributed by atoms with E-state index in [9.17, 15) is 22.4 Å². The Morgan fingerprint density at radius 3 is 2.50 bits per heavy atom. The predicted molar refractivity (Wildman–Crippen MR) is 83.6 cm³/mol. The molecule has 0 atom stereocenters. The molecule has 0 bridgehead atoms. The van der Waals surface area contributed by atoms with Crippen molar-refractivity contribution in [1.82, 2.24) is 15.0 Å². The lowest BCUT2D eigenvalue weighted by molar-refractivity contribution is -0.137. The maximum Gasteiger partial charge on any atom is 0.416 e. The number of hydrogen-bond donors (Lipinski definition) is 3. The van der Waals surface area contributed by atoms with Gasteiger partial charge in [-0.1, -0.05) is 0 Å². The average Bonchev–Trinajstić information content (AvgIpc) is 3.03. The highest BCUT2D eigenvalue weighted by Gasteiger charge is 2.31. The van der Waals surface area contributed by atoms with Gasteiger partial charge in [0.25, 0.3) is 0 Å². The number of halogens is 4. The molecule has 2 heterocycles. The molecule has 0 amide bonds. The van der Waals surface area contributed by atoms with Crippen LogP contribution in [0.2, 0.25) is 0 Å². The van der Waals surface area contributed by atoms with Crippen LogP contribution in [0.4, 0.5) is 23.5 Å². The Labute approximate surface area is 143 Å². The van der Waals surface area contributed by atoms with Gasteiger partial charge in [-0.25, -0.2) is 19.2 Å². The van der Waals surface area contributed by atoms with Crippen molar-refractivity contribution >= 4 is 11.9 Å². The monoisotopic (exact) mass is 366 g/mol. The molecule has 26 heavy (non-hydrogen) atoms. The number of hydrogen-bond acceptors (Lipinski definition) is 4. The Hall–Kier alpha value is -3.43. The largest absolute Gasteiger partial charge is 0.477 e. The number of aromatic carboxylic acids is 1. The molecule has 0 aliphatic rings. The number of H-pyrrole nitrogens is 1. The van der Waals surface area contributed by atoms with Crippen LogP contribution in [0.1, 0.15) is 16.1 Å². The number of rotatable bonds is 3. The minimum Gasteiger partial charge on any atom is -0.477 e. The van der Waals surface area contributed by atoms with Gasteiger partial charge in [0.05, 0.1) is 11.3 Å². The number of carboxylic acids is 1. The molecule has 6 nitrogen and oxygen atoms in total. The highest BCUT2D eigenvalue weighted by atomic mass is 19.4. The Morgan fingerprint density at radius 1 is 1.15 bits per heavy atom. The fraction of sp³-hybridized carbons (Fsp3) is 0.0625. The molecular weight excluding hydrogens is 356 g/mol. The van der Waals surface area contributed by atoms with Crippen LogP contribution in [0.3, 0.4) is 0 Å². The van der Waals surface area contributed by atoms with Crippen LogP contribution >= 0.6 is 0 Å². The molecule has 0 spiro atoms. The minimum absolute atomic E-state index is 0.0694. The molecule has 1 aromatic carbocycles. The zero-order valence-corrected chi connectivity index (χ0v) is 12.8. The van der Waals surface area contributed by atoms with E-state index in [1.165, 1.54) is 12.3 Å². The quantitative estimate of drug-likeness (QED) is 0.615. The van der Waals surface area contributed by atoms with Crippen molar-refractivity contribution < 1.29 is 27.5 Å². The summed E-state index contributed by atoms with van der Waals surface area (Å²) in [5.41, 5.74) is 4.48. The summed E-state index contributed by atoms with van der Waals surface area (Å²) in [5, 5.41) is 8.99. The molecule has 0 unspecified atom stereocenters. The topological polar surface area (TPSA) is 105 Å². The Bertz CT molecular complexity index is 998. The second-order valence-corrected chi connectivity index (χ2v) is 5.32. The Morgan fingerprint density at radius 2 is 1.88 bits per heavy atom. The molecule has 0 saturated carbocycles. The van der Waals surface area contributed by atoms with Crippen molar-refractivity contribution in [3.63, 3.8) is 0 Å². The molecule has 3 aromatic rings. The van der Waals surface area contributed by atoms with E-state index in [1.54, 1.807) is 0 Å². The maximum atomic E-state index is 13.7. The van der Waals surface area contributed by atoms with E-state index in [1.807, 2.05) is 0 Å². The van der Waals surface area contributed by atoms with Crippen molar-refractivity contribution in [2.45, 2.75) is 6.18 Å². The molecule has 0 fully saturated rings. The van der Waals surface area contributed by atoms with Gasteiger partial charge in [0.2, 0.25) is 5.95 Å². The van der Waals surface area contributed by atoms with Crippen molar-refractivity contribution in [3.8, 4) is 22.4 Å². The van der Waals surface area contributed by atoms with Gasteiger partial charge in [-0.2, -0.15) is 13.2 Å². The third kappa shape index (κ3) is 3.34. The summed E-state index contributed by atoms with van der Waals surface area (Å²) in [6, 6.07) is 3.27. The summed E-state index contributed by atoms with van der Waals surface area (Å²) < 4.78 is 52.6. The molecule has 0 aliphatic carbocycles. The number of alkyl halides is 3. The van der Waals surface area contributed by atoms with Crippen molar-refractivity contribution in [3.05, 3.63) is 53.7 Å². The molecular formula is C16H10F4N4O2.